The van der Waals surface area contributed by atoms with E-state index in [4.69, 9.17) is 18.6 Å². The molecule has 27 heavy (non-hydrogen) atoms. The maximum absolute atomic E-state index is 12.5. The van der Waals surface area contributed by atoms with Crippen LogP contribution in [0.4, 0.5) is 0 Å². The van der Waals surface area contributed by atoms with Crippen LogP contribution in [0.3, 0.4) is 0 Å². The number of para-hydroxylation sites is 1. The molecule has 138 valence electrons. The van der Waals surface area contributed by atoms with E-state index in [-0.39, 0.29) is 19.2 Å². The van der Waals surface area contributed by atoms with Gasteiger partial charge in [0, 0.05) is 23.6 Å². The van der Waals surface area contributed by atoms with Gasteiger partial charge in [0.2, 0.25) is 6.79 Å². The minimum atomic E-state index is -0.577. The number of rotatable bonds is 4. The first-order valence-electron chi connectivity index (χ1n) is 8.17. The van der Waals surface area contributed by atoms with E-state index in [0.717, 1.165) is 5.39 Å². The summed E-state index contributed by atoms with van der Waals surface area (Å²) in [6, 6.07) is 12.0. The van der Waals surface area contributed by atoms with Crippen molar-refractivity contribution in [2.24, 2.45) is 0 Å². The Kier molecular flexibility index (Phi) is 4.39. The van der Waals surface area contributed by atoms with Crippen LogP contribution >= 0.6 is 0 Å². The van der Waals surface area contributed by atoms with Gasteiger partial charge in [-0.15, -0.1) is 0 Å². The predicted octanol–water partition coefficient (Wildman–Crippen LogP) is 2.38. The molecule has 0 aliphatic carbocycles. The van der Waals surface area contributed by atoms with Crippen LogP contribution < -0.4 is 20.3 Å². The second-order valence-electron chi connectivity index (χ2n) is 5.82. The van der Waals surface area contributed by atoms with Crippen LogP contribution in [-0.2, 0) is 11.3 Å². The third-order valence-corrected chi connectivity index (χ3v) is 4.12. The molecular weight excluding hydrogens is 352 g/mol. The van der Waals surface area contributed by atoms with Gasteiger partial charge in [0.25, 0.3) is 5.91 Å². The first-order chi connectivity index (χ1) is 13.2. The minimum absolute atomic E-state index is 0.0871. The maximum atomic E-state index is 12.5. The number of benzene rings is 2. The summed E-state index contributed by atoms with van der Waals surface area (Å²) in [7, 11) is 1.53. The molecule has 0 spiro atoms. The Balaban J connectivity index is 1.50. The average Bonchev–Trinajstić information content (AvgIpc) is 3.30. The number of fused-ring (bicyclic) bond motifs is 2. The molecule has 3 aromatic rings. The third-order valence-electron chi connectivity index (χ3n) is 4.12. The van der Waals surface area contributed by atoms with E-state index in [9.17, 15) is 9.59 Å². The predicted molar refractivity (Wildman–Crippen MR) is 94.4 cm³/mol. The Morgan fingerprint density at radius 2 is 1.81 bits per heavy atom. The lowest BCUT2D eigenvalue weighted by Gasteiger charge is -2.08. The highest BCUT2D eigenvalue weighted by Gasteiger charge is 2.21. The fourth-order valence-electron chi connectivity index (χ4n) is 2.85. The van der Waals surface area contributed by atoms with E-state index in [1.807, 2.05) is 18.2 Å². The summed E-state index contributed by atoms with van der Waals surface area (Å²) in [5, 5.41) is 0.784. The Hall–Kier alpha value is -3.52. The van der Waals surface area contributed by atoms with Crippen LogP contribution in [0.2, 0.25) is 0 Å². The highest BCUT2D eigenvalue weighted by atomic mass is 16.7. The molecule has 0 fully saturated rings. The van der Waals surface area contributed by atoms with Crippen LogP contribution in [0.25, 0.3) is 11.0 Å². The van der Waals surface area contributed by atoms with Crippen LogP contribution in [0.5, 0.6) is 11.5 Å². The number of hydrogen-bond donors (Lipinski definition) is 2. The van der Waals surface area contributed by atoms with E-state index in [2.05, 4.69) is 10.9 Å². The zero-order valence-electron chi connectivity index (χ0n) is 14.4. The quantitative estimate of drug-likeness (QED) is 0.686. The van der Waals surface area contributed by atoms with Gasteiger partial charge in [0.15, 0.2) is 17.3 Å². The second kappa shape index (κ2) is 7.00. The molecule has 1 aliphatic rings. The molecule has 2 aromatic carbocycles. The van der Waals surface area contributed by atoms with Crippen LogP contribution in [0.1, 0.15) is 26.5 Å². The Morgan fingerprint density at radius 1 is 1.04 bits per heavy atom. The van der Waals surface area contributed by atoms with Gasteiger partial charge in [-0.2, -0.15) is 0 Å². The highest BCUT2D eigenvalue weighted by molar-refractivity contribution is 6.01. The molecule has 8 nitrogen and oxygen atoms in total. The summed E-state index contributed by atoms with van der Waals surface area (Å²) >= 11 is 0. The van der Waals surface area contributed by atoms with Crippen molar-refractivity contribution < 1.29 is 28.2 Å². The van der Waals surface area contributed by atoms with Crippen LogP contribution in [0, 0.1) is 0 Å². The molecular formula is C19H16N2O6. The lowest BCUT2D eigenvalue weighted by molar-refractivity contribution is 0.0828. The molecule has 2 amide bonds. The maximum Gasteiger partial charge on any atom is 0.305 e. The van der Waals surface area contributed by atoms with Crippen molar-refractivity contribution in [1.82, 2.24) is 10.9 Å². The first kappa shape index (κ1) is 16.9. The number of methoxy groups -OCH3 is 1. The summed E-state index contributed by atoms with van der Waals surface area (Å²) in [5.41, 5.74) is 6.23. The van der Waals surface area contributed by atoms with E-state index in [1.165, 1.54) is 7.11 Å². The summed E-state index contributed by atoms with van der Waals surface area (Å²) in [5.74, 6) is 0.0677. The van der Waals surface area contributed by atoms with Gasteiger partial charge < -0.3 is 18.6 Å². The van der Waals surface area contributed by atoms with Crippen molar-refractivity contribution in [1.29, 1.82) is 0 Å². The fraction of sp³-hybridized carbons (Fsp3) is 0.158. The molecule has 0 bridgehead atoms. The molecule has 1 aliphatic heterocycles. The van der Waals surface area contributed by atoms with Crippen molar-refractivity contribution in [2.45, 2.75) is 6.61 Å². The number of amides is 2. The second-order valence-corrected chi connectivity index (χ2v) is 5.82. The number of furan rings is 1. The SMILES string of the molecule is COCc1c(C(=O)NNC(=O)c2ccc3c(c2)OCO3)oc2ccccc12. The first-order valence-corrected chi connectivity index (χ1v) is 8.17. The smallest absolute Gasteiger partial charge is 0.305 e. The minimum Gasteiger partial charge on any atom is -0.454 e. The molecule has 8 heteroatoms. The van der Waals surface area contributed by atoms with Gasteiger partial charge in [0.05, 0.1) is 6.61 Å². The van der Waals surface area contributed by atoms with Gasteiger partial charge >= 0.3 is 5.91 Å². The zero-order chi connectivity index (χ0) is 18.8. The summed E-state index contributed by atoms with van der Waals surface area (Å²) < 4.78 is 21.3. The third kappa shape index (κ3) is 3.18. The van der Waals surface area contributed by atoms with Gasteiger partial charge in [-0.25, -0.2) is 0 Å². The fourth-order valence-corrected chi connectivity index (χ4v) is 2.85. The summed E-state index contributed by atoms with van der Waals surface area (Å²) in [4.78, 5) is 24.8. The van der Waals surface area contributed by atoms with Gasteiger partial charge in [0.1, 0.15) is 5.58 Å². The van der Waals surface area contributed by atoms with Crippen molar-refractivity contribution in [2.75, 3.05) is 13.9 Å². The highest BCUT2D eigenvalue weighted by Crippen LogP contribution is 2.32. The molecule has 2 heterocycles. The van der Waals surface area contributed by atoms with Crippen molar-refractivity contribution in [3.05, 3.63) is 59.4 Å². The van der Waals surface area contributed by atoms with E-state index >= 15 is 0 Å². The molecule has 0 radical (unpaired) electrons. The lowest BCUT2D eigenvalue weighted by Crippen LogP contribution is -2.41. The van der Waals surface area contributed by atoms with E-state index in [0.29, 0.717) is 28.2 Å². The number of nitrogens with one attached hydrogen (secondary N) is 2. The number of carbonyl (C=O) groups is 2. The Morgan fingerprint density at radius 3 is 2.67 bits per heavy atom. The van der Waals surface area contributed by atoms with Crippen LogP contribution in [0.15, 0.2) is 46.9 Å². The normalized spacial score (nSPS) is 12.2. The van der Waals surface area contributed by atoms with E-state index < -0.39 is 11.8 Å². The molecule has 0 unspecified atom stereocenters. The monoisotopic (exact) mass is 368 g/mol. The van der Waals surface area contributed by atoms with Crippen molar-refractivity contribution in [3.63, 3.8) is 0 Å². The Bertz CT molecular complexity index is 1030. The average molecular weight is 368 g/mol. The Labute approximate surface area is 154 Å². The number of carbonyl (C=O) groups excluding carboxylic acids is 2. The van der Waals surface area contributed by atoms with Gasteiger partial charge in [-0.3, -0.25) is 20.4 Å². The van der Waals surface area contributed by atoms with Gasteiger partial charge in [-0.05, 0) is 24.3 Å². The topological polar surface area (TPSA) is 99.0 Å². The molecule has 4 rings (SSSR count). The lowest BCUT2D eigenvalue weighted by atomic mass is 10.1. The number of hydrazine groups is 1. The van der Waals surface area contributed by atoms with E-state index in [1.54, 1.807) is 24.3 Å². The molecule has 1 aromatic heterocycles. The van der Waals surface area contributed by atoms with Crippen molar-refractivity contribution in [3.8, 4) is 11.5 Å². The largest absolute Gasteiger partial charge is 0.454 e. The summed E-state index contributed by atoms with van der Waals surface area (Å²) in [6.07, 6.45) is 0. The molecule has 0 saturated heterocycles. The molecule has 0 saturated carbocycles. The standard InChI is InChI=1S/C19H16N2O6/c1-24-9-13-12-4-2-3-5-14(12)27-17(13)19(23)21-20-18(22)11-6-7-15-16(8-11)26-10-25-15/h2-8H,9-10H2,1H3,(H,20,22)(H,21,23). The number of ether oxygens (including phenoxy) is 3. The zero-order valence-corrected chi connectivity index (χ0v) is 14.4. The summed E-state index contributed by atoms with van der Waals surface area (Å²) in [6.45, 7) is 0.321. The number of hydrogen-bond acceptors (Lipinski definition) is 6. The molecule has 0 atom stereocenters. The van der Waals surface area contributed by atoms with Crippen molar-refractivity contribution >= 4 is 22.8 Å². The van der Waals surface area contributed by atoms with Gasteiger partial charge in [-0.1, -0.05) is 18.2 Å². The van der Waals surface area contributed by atoms with Crippen LogP contribution in [-0.4, -0.2) is 25.7 Å². The molecule has 2 N–H and O–H groups in total.